The van der Waals surface area contributed by atoms with Crippen molar-refractivity contribution in [2.75, 3.05) is 53.4 Å². The van der Waals surface area contributed by atoms with Crippen LogP contribution in [0.1, 0.15) is 37.3 Å². The predicted octanol–water partition coefficient (Wildman–Crippen LogP) is 2.38. The Hall–Kier alpha value is -2.57. The molecule has 174 valence electrons. The zero-order chi connectivity index (χ0) is 23.1. The van der Waals surface area contributed by atoms with Crippen molar-refractivity contribution in [1.82, 2.24) is 19.6 Å². The van der Waals surface area contributed by atoms with Crippen LogP contribution in [0.15, 0.2) is 24.3 Å². The zero-order valence-corrected chi connectivity index (χ0v) is 19.9. The van der Waals surface area contributed by atoms with E-state index in [0.717, 1.165) is 31.4 Å². The van der Waals surface area contributed by atoms with Gasteiger partial charge in [-0.2, -0.15) is 0 Å². The number of rotatable bonds is 3. The van der Waals surface area contributed by atoms with Gasteiger partial charge < -0.3 is 19.6 Å². The first kappa shape index (κ1) is 22.6. The van der Waals surface area contributed by atoms with Crippen LogP contribution in [0.25, 0.3) is 0 Å². The second-order valence-corrected chi connectivity index (χ2v) is 10.1. The van der Waals surface area contributed by atoms with Crippen LogP contribution in [0.4, 0.5) is 4.79 Å². The third kappa shape index (κ3) is 3.65. The topological polar surface area (TPSA) is 64.2 Å². The number of hydrogen-bond acceptors (Lipinski definition) is 3. The number of amides is 4. The van der Waals surface area contributed by atoms with Crippen molar-refractivity contribution in [3.63, 3.8) is 0 Å². The SMILES string of the molecule is CCN1CC[C@]2(CN(C(=O)N(C)C)CC23CCN(C(=O)Cc2ccc(C)cc2)CC3)C1=O. The largest absolute Gasteiger partial charge is 0.342 e. The molecule has 3 aliphatic heterocycles. The van der Waals surface area contributed by atoms with Gasteiger partial charge in [-0.15, -0.1) is 0 Å². The van der Waals surface area contributed by atoms with Gasteiger partial charge in [-0.05, 0) is 38.7 Å². The fourth-order valence-electron chi connectivity index (χ4n) is 6.07. The second-order valence-electron chi connectivity index (χ2n) is 10.1. The molecule has 32 heavy (non-hydrogen) atoms. The highest BCUT2D eigenvalue weighted by molar-refractivity contribution is 5.88. The van der Waals surface area contributed by atoms with E-state index >= 15 is 0 Å². The van der Waals surface area contributed by atoms with Crippen molar-refractivity contribution in [3.05, 3.63) is 35.4 Å². The molecule has 0 unspecified atom stereocenters. The van der Waals surface area contributed by atoms with Gasteiger partial charge in [0.05, 0.1) is 11.8 Å². The van der Waals surface area contributed by atoms with Gasteiger partial charge in [-0.3, -0.25) is 9.59 Å². The average molecular weight is 441 g/mol. The van der Waals surface area contributed by atoms with Crippen LogP contribution in [-0.2, 0) is 16.0 Å². The summed E-state index contributed by atoms with van der Waals surface area (Å²) in [6.07, 6.45) is 2.75. The number of nitrogens with zero attached hydrogens (tertiary/aromatic N) is 4. The lowest BCUT2D eigenvalue weighted by molar-refractivity contribution is -0.143. The van der Waals surface area contributed by atoms with E-state index in [4.69, 9.17) is 0 Å². The third-order valence-electron chi connectivity index (χ3n) is 8.06. The Labute approximate surface area is 191 Å². The van der Waals surface area contributed by atoms with Crippen LogP contribution >= 0.6 is 0 Å². The van der Waals surface area contributed by atoms with Crippen LogP contribution in [0, 0.1) is 17.8 Å². The molecule has 3 fully saturated rings. The first-order chi connectivity index (χ1) is 15.2. The standard InChI is InChI=1S/C25H36N4O3/c1-5-27-15-12-25(22(27)31)18-29(23(32)26(3)4)17-24(25)10-13-28(14-11-24)21(30)16-20-8-6-19(2)7-9-20/h6-9H,5,10-18H2,1-4H3/t25-/m0/s1. The molecule has 1 atom stereocenters. The van der Waals surface area contributed by atoms with Crippen molar-refractivity contribution >= 4 is 17.8 Å². The number of piperidine rings is 1. The Balaban J connectivity index is 1.51. The summed E-state index contributed by atoms with van der Waals surface area (Å²) >= 11 is 0. The minimum atomic E-state index is -0.513. The molecule has 2 spiro atoms. The summed E-state index contributed by atoms with van der Waals surface area (Å²) in [7, 11) is 3.53. The van der Waals surface area contributed by atoms with Crippen LogP contribution in [0.2, 0.25) is 0 Å². The molecule has 0 aromatic heterocycles. The highest BCUT2D eigenvalue weighted by atomic mass is 16.2. The molecule has 3 heterocycles. The van der Waals surface area contributed by atoms with E-state index in [-0.39, 0.29) is 23.3 Å². The molecule has 0 N–H and O–H groups in total. The fraction of sp³-hybridized carbons (Fsp3) is 0.640. The first-order valence-corrected chi connectivity index (χ1v) is 11.8. The van der Waals surface area contributed by atoms with Crippen molar-refractivity contribution < 1.29 is 14.4 Å². The van der Waals surface area contributed by atoms with Gasteiger partial charge in [0.15, 0.2) is 0 Å². The van der Waals surface area contributed by atoms with Crippen molar-refractivity contribution in [2.45, 2.75) is 39.5 Å². The molecule has 7 nitrogen and oxygen atoms in total. The Kier molecular flexibility index (Phi) is 5.94. The molecular formula is C25H36N4O3. The van der Waals surface area contributed by atoms with E-state index in [1.807, 2.05) is 52.8 Å². The second kappa shape index (κ2) is 8.41. The Morgan fingerprint density at radius 3 is 2.19 bits per heavy atom. The van der Waals surface area contributed by atoms with E-state index < -0.39 is 5.41 Å². The monoisotopic (exact) mass is 440 g/mol. The summed E-state index contributed by atoms with van der Waals surface area (Å²) in [5.74, 6) is 0.346. The number of hydrogen-bond donors (Lipinski definition) is 0. The molecule has 0 bridgehead atoms. The molecule has 4 rings (SSSR count). The number of carbonyl (C=O) groups is 3. The van der Waals surface area contributed by atoms with Gasteiger partial charge in [0.25, 0.3) is 0 Å². The number of carbonyl (C=O) groups excluding carboxylic acids is 3. The Morgan fingerprint density at radius 1 is 0.969 bits per heavy atom. The summed E-state index contributed by atoms with van der Waals surface area (Å²) in [5.41, 5.74) is 1.46. The Bertz CT molecular complexity index is 889. The number of fused-ring (bicyclic) bond motifs is 1. The molecule has 7 heteroatoms. The predicted molar refractivity (Wildman–Crippen MR) is 123 cm³/mol. The van der Waals surface area contributed by atoms with Crippen molar-refractivity contribution in [2.24, 2.45) is 10.8 Å². The minimum Gasteiger partial charge on any atom is -0.342 e. The lowest BCUT2D eigenvalue weighted by atomic mass is 9.60. The maximum absolute atomic E-state index is 13.5. The molecule has 3 saturated heterocycles. The molecular weight excluding hydrogens is 404 g/mol. The van der Waals surface area contributed by atoms with E-state index in [2.05, 4.69) is 0 Å². The summed E-state index contributed by atoms with van der Waals surface area (Å²) in [4.78, 5) is 46.7. The smallest absolute Gasteiger partial charge is 0.319 e. The number of urea groups is 1. The summed E-state index contributed by atoms with van der Waals surface area (Å²) < 4.78 is 0. The van der Waals surface area contributed by atoms with Gasteiger partial charge in [0.1, 0.15) is 0 Å². The molecule has 4 amide bonds. The summed E-state index contributed by atoms with van der Waals surface area (Å²) in [6.45, 7) is 7.93. The molecule has 1 aromatic carbocycles. The molecule has 0 radical (unpaired) electrons. The summed E-state index contributed by atoms with van der Waals surface area (Å²) in [5, 5.41) is 0. The number of benzene rings is 1. The minimum absolute atomic E-state index is 0.0260. The molecule has 1 aromatic rings. The van der Waals surface area contributed by atoms with Gasteiger partial charge in [-0.25, -0.2) is 4.79 Å². The van der Waals surface area contributed by atoms with Gasteiger partial charge in [0, 0.05) is 58.8 Å². The Morgan fingerprint density at radius 2 is 1.62 bits per heavy atom. The highest BCUT2D eigenvalue weighted by Gasteiger charge is 2.65. The molecule has 0 aliphatic carbocycles. The number of likely N-dealkylation sites (tertiary alicyclic amines) is 3. The third-order valence-corrected chi connectivity index (χ3v) is 8.06. The average Bonchev–Trinajstić information content (AvgIpc) is 3.27. The van der Waals surface area contributed by atoms with Crippen LogP contribution in [-0.4, -0.2) is 90.8 Å². The van der Waals surface area contributed by atoms with E-state index in [9.17, 15) is 14.4 Å². The zero-order valence-electron chi connectivity index (χ0n) is 19.9. The lowest BCUT2D eigenvalue weighted by Gasteiger charge is -2.46. The lowest BCUT2D eigenvalue weighted by Crippen LogP contribution is -2.53. The van der Waals surface area contributed by atoms with Crippen LogP contribution in [0.3, 0.4) is 0 Å². The maximum Gasteiger partial charge on any atom is 0.319 e. The van der Waals surface area contributed by atoms with Crippen LogP contribution in [0.5, 0.6) is 0 Å². The quantitative estimate of drug-likeness (QED) is 0.725. The first-order valence-electron chi connectivity index (χ1n) is 11.8. The van der Waals surface area contributed by atoms with Gasteiger partial charge in [-0.1, -0.05) is 29.8 Å². The van der Waals surface area contributed by atoms with Gasteiger partial charge >= 0.3 is 6.03 Å². The molecule has 3 aliphatic rings. The van der Waals surface area contributed by atoms with E-state index in [0.29, 0.717) is 39.1 Å². The van der Waals surface area contributed by atoms with E-state index in [1.54, 1.807) is 19.0 Å². The normalized spacial score (nSPS) is 24.6. The maximum atomic E-state index is 13.5. The highest BCUT2D eigenvalue weighted by Crippen LogP contribution is 2.58. The van der Waals surface area contributed by atoms with Gasteiger partial charge in [0.2, 0.25) is 11.8 Å². The van der Waals surface area contributed by atoms with E-state index in [1.165, 1.54) is 5.56 Å². The number of aryl methyl sites for hydroxylation is 1. The summed E-state index contributed by atoms with van der Waals surface area (Å²) in [6, 6.07) is 8.09. The van der Waals surface area contributed by atoms with Crippen molar-refractivity contribution in [1.29, 1.82) is 0 Å². The molecule has 0 saturated carbocycles. The van der Waals surface area contributed by atoms with Crippen LogP contribution < -0.4 is 0 Å². The van der Waals surface area contributed by atoms with Crippen molar-refractivity contribution in [3.8, 4) is 0 Å². The fourth-order valence-corrected chi connectivity index (χ4v) is 6.07.